The van der Waals surface area contributed by atoms with Crippen molar-refractivity contribution in [2.75, 3.05) is 6.61 Å². The van der Waals surface area contributed by atoms with Gasteiger partial charge in [-0.05, 0) is 29.8 Å². The Bertz CT molecular complexity index is 678. The van der Waals surface area contributed by atoms with Gasteiger partial charge in [-0.2, -0.15) is 0 Å². The van der Waals surface area contributed by atoms with Crippen LogP contribution in [0.3, 0.4) is 0 Å². The molecule has 0 radical (unpaired) electrons. The van der Waals surface area contributed by atoms with Crippen LogP contribution in [0.1, 0.15) is 22.3 Å². The third-order valence-corrected chi connectivity index (χ3v) is 3.47. The van der Waals surface area contributed by atoms with Gasteiger partial charge in [0.2, 0.25) is 6.10 Å². The molecule has 0 aromatic heterocycles. The molecule has 1 fully saturated rings. The van der Waals surface area contributed by atoms with E-state index in [0.717, 1.165) is 11.3 Å². The fourth-order valence-electron chi connectivity index (χ4n) is 2.20. The smallest absolute Gasteiger partial charge is 0.347 e. The highest BCUT2D eigenvalue weighted by atomic mass is 16.6. The lowest BCUT2D eigenvalue weighted by atomic mass is 10.1. The van der Waals surface area contributed by atoms with Crippen molar-refractivity contribution in [3.05, 3.63) is 65.7 Å². The fraction of sp³-hybridized carbons (Fsp3) is 0.222. The van der Waals surface area contributed by atoms with Crippen molar-refractivity contribution < 1.29 is 23.8 Å². The summed E-state index contributed by atoms with van der Waals surface area (Å²) in [5.74, 6) is -0.216. The number of esters is 2. The van der Waals surface area contributed by atoms with Gasteiger partial charge >= 0.3 is 11.9 Å². The number of para-hydroxylation sites is 1. The van der Waals surface area contributed by atoms with Gasteiger partial charge in [0.15, 0.2) is 0 Å². The molecule has 1 atom stereocenters. The average molecular weight is 312 g/mol. The van der Waals surface area contributed by atoms with E-state index in [1.807, 2.05) is 30.3 Å². The summed E-state index contributed by atoms with van der Waals surface area (Å²) in [4.78, 5) is 23.3. The third-order valence-electron chi connectivity index (χ3n) is 3.47. The van der Waals surface area contributed by atoms with Gasteiger partial charge in [-0.1, -0.05) is 30.3 Å². The largest absolute Gasteiger partial charge is 0.489 e. The van der Waals surface area contributed by atoms with Crippen LogP contribution in [0.4, 0.5) is 0 Å². The maximum Gasteiger partial charge on any atom is 0.347 e. The van der Waals surface area contributed by atoms with E-state index < -0.39 is 18.0 Å². The van der Waals surface area contributed by atoms with E-state index in [4.69, 9.17) is 14.2 Å². The van der Waals surface area contributed by atoms with E-state index in [2.05, 4.69) is 0 Å². The molecule has 0 spiro atoms. The molecule has 0 bridgehead atoms. The van der Waals surface area contributed by atoms with Gasteiger partial charge in [0, 0.05) is 6.42 Å². The summed E-state index contributed by atoms with van der Waals surface area (Å²) in [5, 5.41) is 0. The summed E-state index contributed by atoms with van der Waals surface area (Å²) in [6, 6.07) is 16.4. The Morgan fingerprint density at radius 1 is 1.09 bits per heavy atom. The molecule has 118 valence electrons. The second-order valence-corrected chi connectivity index (χ2v) is 5.15. The number of carbonyl (C=O) groups is 2. The molecule has 1 unspecified atom stereocenters. The molecule has 23 heavy (non-hydrogen) atoms. The quantitative estimate of drug-likeness (QED) is 0.794. The summed E-state index contributed by atoms with van der Waals surface area (Å²) in [7, 11) is 0. The van der Waals surface area contributed by atoms with Crippen molar-refractivity contribution in [3.8, 4) is 5.75 Å². The van der Waals surface area contributed by atoms with Crippen LogP contribution in [0.25, 0.3) is 0 Å². The third kappa shape index (κ3) is 3.88. The minimum Gasteiger partial charge on any atom is -0.489 e. The predicted octanol–water partition coefficient (Wildman–Crippen LogP) is 2.74. The molecule has 0 N–H and O–H groups in total. The van der Waals surface area contributed by atoms with Crippen molar-refractivity contribution in [1.82, 2.24) is 0 Å². The molecule has 3 rings (SSSR count). The molecule has 5 nitrogen and oxygen atoms in total. The fourth-order valence-corrected chi connectivity index (χ4v) is 2.20. The number of benzene rings is 2. The molecule has 1 saturated heterocycles. The lowest BCUT2D eigenvalue weighted by Gasteiger charge is -2.09. The van der Waals surface area contributed by atoms with Gasteiger partial charge in [-0.15, -0.1) is 0 Å². The summed E-state index contributed by atoms with van der Waals surface area (Å²) >= 11 is 0. The molecule has 1 aliphatic rings. The summed E-state index contributed by atoms with van der Waals surface area (Å²) < 4.78 is 15.5. The summed E-state index contributed by atoms with van der Waals surface area (Å²) in [6.07, 6.45) is -0.378. The zero-order valence-corrected chi connectivity index (χ0v) is 12.4. The van der Waals surface area contributed by atoms with Crippen molar-refractivity contribution in [1.29, 1.82) is 0 Å². The molecule has 2 aromatic carbocycles. The molecule has 0 aliphatic carbocycles. The van der Waals surface area contributed by atoms with Crippen LogP contribution in [-0.4, -0.2) is 24.6 Å². The molecule has 0 amide bonds. The van der Waals surface area contributed by atoms with E-state index >= 15 is 0 Å². The Morgan fingerprint density at radius 3 is 2.48 bits per heavy atom. The van der Waals surface area contributed by atoms with Crippen LogP contribution < -0.4 is 4.74 Å². The highest BCUT2D eigenvalue weighted by molar-refractivity contribution is 5.91. The topological polar surface area (TPSA) is 61.8 Å². The van der Waals surface area contributed by atoms with E-state index in [1.54, 1.807) is 24.3 Å². The van der Waals surface area contributed by atoms with E-state index in [9.17, 15) is 9.59 Å². The summed E-state index contributed by atoms with van der Waals surface area (Å²) in [5.41, 5.74) is 1.33. The minimum atomic E-state index is -0.788. The monoisotopic (exact) mass is 312 g/mol. The highest BCUT2D eigenvalue weighted by Gasteiger charge is 2.30. The normalized spacial score (nSPS) is 16.7. The van der Waals surface area contributed by atoms with Crippen molar-refractivity contribution in [2.45, 2.75) is 19.1 Å². The molecular weight excluding hydrogens is 296 g/mol. The van der Waals surface area contributed by atoms with E-state index in [-0.39, 0.29) is 0 Å². The molecular formula is C18H16O5. The standard InChI is InChI=1S/C18H16O5/c19-17(23-16-10-11-21-18(16)20)14-8-6-13(7-9-14)12-22-15-4-2-1-3-5-15/h1-9,16H,10-12H2. The van der Waals surface area contributed by atoms with Gasteiger partial charge in [0.1, 0.15) is 12.4 Å². The average Bonchev–Trinajstić information content (AvgIpc) is 2.99. The number of ether oxygens (including phenoxy) is 3. The van der Waals surface area contributed by atoms with E-state index in [1.165, 1.54) is 0 Å². The molecule has 2 aromatic rings. The number of cyclic esters (lactones) is 1. The van der Waals surface area contributed by atoms with Crippen molar-refractivity contribution >= 4 is 11.9 Å². The van der Waals surface area contributed by atoms with Gasteiger partial charge in [-0.25, -0.2) is 9.59 Å². The molecule has 5 heteroatoms. The Labute approximate surface area is 133 Å². The number of rotatable bonds is 5. The number of hydrogen-bond acceptors (Lipinski definition) is 5. The summed E-state index contributed by atoms with van der Waals surface area (Å²) in [6.45, 7) is 0.709. The van der Waals surface area contributed by atoms with Gasteiger partial charge in [0.25, 0.3) is 0 Å². The Balaban J connectivity index is 1.56. The first-order valence-electron chi connectivity index (χ1n) is 7.37. The molecule has 1 heterocycles. The van der Waals surface area contributed by atoms with Crippen LogP contribution in [0.15, 0.2) is 54.6 Å². The SMILES string of the molecule is O=C(OC1CCOC1=O)c1ccc(COc2ccccc2)cc1. The maximum atomic E-state index is 12.0. The van der Waals surface area contributed by atoms with Crippen LogP contribution in [0.5, 0.6) is 5.75 Å². The lowest BCUT2D eigenvalue weighted by Crippen LogP contribution is -2.22. The van der Waals surface area contributed by atoms with Gasteiger partial charge in [-0.3, -0.25) is 0 Å². The predicted molar refractivity (Wildman–Crippen MR) is 82.0 cm³/mol. The van der Waals surface area contributed by atoms with Gasteiger partial charge in [0.05, 0.1) is 12.2 Å². The Hall–Kier alpha value is -2.82. The maximum absolute atomic E-state index is 12.0. The lowest BCUT2D eigenvalue weighted by molar-refractivity contribution is -0.145. The van der Waals surface area contributed by atoms with Gasteiger partial charge < -0.3 is 14.2 Å². The first-order valence-corrected chi connectivity index (χ1v) is 7.37. The number of carbonyl (C=O) groups excluding carboxylic acids is 2. The highest BCUT2D eigenvalue weighted by Crippen LogP contribution is 2.15. The first kappa shape index (κ1) is 15.1. The Kier molecular flexibility index (Phi) is 4.57. The van der Waals surface area contributed by atoms with Crippen molar-refractivity contribution in [3.63, 3.8) is 0 Å². The minimum absolute atomic E-state index is 0.298. The van der Waals surface area contributed by atoms with E-state index in [0.29, 0.717) is 25.2 Å². The second-order valence-electron chi connectivity index (χ2n) is 5.15. The zero-order valence-electron chi connectivity index (χ0n) is 12.4. The van der Waals surface area contributed by atoms with Crippen LogP contribution >= 0.6 is 0 Å². The van der Waals surface area contributed by atoms with Crippen LogP contribution in [0, 0.1) is 0 Å². The molecule has 0 saturated carbocycles. The van der Waals surface area contributed by atoms with Crippen molar-refractivity contribution in [2.24, 2.45) is 0 Å². The molecule has 1 aliphatic heterocycles. The van der Waals surface area contributed by atoms with Crippen LogP contribution in [-0.2, 0) is 20.9 Å². The zero-order chi connectivity index (χ0) is 16.1. The van der Waals surface area contributed by atoms with Crippen LogP contribution in [0.2, 0.25) is 0 Å². The number of hydrogen-bond donors (Lipinski definition) is 0. The first-order chi connectivity index (χ1) is 11.2. The second kappa shape index (κ2) is 6.96. The Morgan fingerprint density at radius 2 is 1.83 bits per heavy atom.